The van der Waals surface area contributed by atoms with E-state index in [1.54, 1.807) is 0 Å². The van der Waals surface area contributed by atoms with Crippen molar-refractivity contribution < 1.29 is 31.7 Å². The monoisotopic (exact) mass is 1150 g/mol. The van der Waals surface area contributed by atoms with Crippen LogP contribution in [0.1, 0.15) is 142 Å². The van der Waals surface area contributed by atoms with E-state index < -0.39 is 18.2 Å². The zero-order valence-electron chi connectivity index (χ0n) is 49.0. The van der Waals surface area contributed by atoms with E-state index in [0.717, 1.165) is 83.6 Å². The van der Waals surface area contributed by atoms with Crippen molar-refractivity contribution in [1.82, 2.24) is 14.5 Å². The number of rotatable bonds is 8. The van der Waals surface area contributed by atoms with Crippen LogP contribution < -0.4 is 0 Å². The van der Waals surface area contributed by atoms with Gasteiger partial charge in [0.1, 0.15) is 11.6 Å². The van der Waals surface area contributed by atoms with Crippen LogP contribution in [0, 0.1) is 12.9 Å². The van der Waals surface area contributed by atoms with Crippen molar-refractivity contribution in [2.45, 2.75) is 131 Å². The predicted molar refractivity (Wildman–Crippen MR) is 306 cm³/mol. The second-order valence-electron chi connectivity index (χ2n) is 23.9. The van der Waals surface area contributed by atoms with E-state index in [-0.39, 0.29) is 48.6 Å². The van der Waals surface area contributed by atoms with Crippen LogP contribution in [0.25, 0.3) is 83.9 Å². The topological polar surface area (TPSA) is 50.9 Å². The molecule has 376 valence electrons. The van der Waals surface area contributed by atoms with E-state index in [1.165, 1.54) is 0 Å². The van der Waals surface area contributed by atoms with Crippen molar-refractivity contribution in [3.63, 3.8) is 0 Å². The van der Waals surface area contributed by atoms with Gasteiger partial charge in [-0.1, -0.05) is 211 Å². The molecule has 73 heavy (non-hydrogen) atoms. The number of phenols is 1. The molecule has 0 bridgehead atoms. The molecule has 0 aliphatic rings. The average Bonchev–Trinajstić information content (AvgIpc) is 3.83. The largest absolute Gasteiger partial charge is 0.507 e. The Bertz CT molecular complexity index is 3650. The summed E-state index contributed by atoms with van der Waals surface area (Å²) >= 11 is 0. The second-order valence-corrected chi connectivity index (χ2v) is 23.9. The minimum atomic E-state index is -2.57. The first kappa shape index (κ1) is 47.6. The van der Waals surface area contributed by atoms with Gasteiger partial charge < -0.3 is 5.11 Å². The third-order valence-electron chi connectivity index (χ3n) is 14.1. The smallest absolute Gasteiger partial charge is 0.148 e. The van der Waals surface area contributed by atoms with Gasteiger partial charge in [-0.3, -0.25) is 9.55 Å². The summed E-state index contributed by atoms with van der Waals surface area (Å²) < 4.78 is 38.5. The SMILES string of the molecule is [2H]C([2H])([2H])c1cc(-c2c(-c3ccccc3)cccc2C(C)(C)C)ccc1-n1c(-c2cc(C(C)(C)C)cc(C(C)(C)C)c2O)nc2c(-c3[c-]c(-c4cc(-c5ccc(C([2H])(C)C)cc5)ccn4)cc(C(C)(C)C)c3)cccc21.[Pt]. The Balaban J connectivity index is 0.00000784. The van der Waals surface area contributed by atoms with Crippen LogP contribution in [0.2, 0.25) is 0 Å². The number of imidazole rings is 1. The molecular weight excluding hydrogens is 1070 g/mol. The maximum atomic E-state index is 12.7. The number of hydrogen-bond donors (Lipinski definition) is 1. The first-order valence-electron chi connectivity index (χ1n) is 27.3. The van der Waals surface area contributed by atoms with E-state index in [9.17, 15) is 9.22 Å². The Labute approximate surface area is 455 Å². The molecule has 0 atom stereocenters. The van der Waals surface area contributed by atoms with Crippen molar-refractivity contribution >= 4 is 11.0 Å². The van der Waals surface area contributed by atoms with Crippen molar-refractivity contribution in [1.29, 1.82) is 0 Å². The van der Waals surface area contributed by atoms with Crippen LogP contribution in [0.4, 0.5) is 0 Å². The average molecular weight is 1150 g/mol. The molecule has 0 saturated carbocycles. The predicted octanol–water partition coefficient (Wildman–Crippen LogP) is 18.5. The summed E-state index contributed by atoms with van der Waals surface area (Å²) in [5, 5.41) is 12.7. The first-order valence-corrected chi connectivity index (χ1v) is 25.3. The van der Waals surface area contributed by atoms with Gasteiger partial charge in [-0.25, -0.2) is 4.98 Å². The van der Waals surface area contributed by atoms with E-state index >= 15 is 0 Å². The molecule has 0 saturated heterocycles. The van der Waals surface area contributed by atoms with Gasteiger partial charge >= 0.3 is 0 Å². The van der Waals surface area contributed by atoms with Crippen molar-refractivity contribution in [2.24, 2.45) is 0 Å². The number of nitrogens with zero attached hydrogens (tertiary/aromatic N) is 3. The maximum absolute atomic E-state index is 12.7. The number of aromatic hydroxyl groups is 1. The van der Waals surface area contributed by atoms with Crippen LogP contribution in [-0.4, -0.2) is 19.6 Å². The molecule has 0 aliphatic carbocycles. The van der Waals surface area contributed by atoms with E-state index in [0.29, 0.717) is 28.1 Å². The first-order chi connectivity index (χ1) is 35.4. The number of pyridine rings is 1. The Morgan fingerprint density at radius 1 is 0.562 bits per heavy atom. The summed E-state index contributed by atoms with van der Waals surface area (Å²) in [6.07, 6.45) is 1.83. The molecule has 7 aromatic carbocycles. The summed E-state index contributed by atoms with van der Waals surface area (Å²) in [7, 11) is 0. The van der Waals surface area contributed by atoms with Gasteiger partial charge in [-0.05, 0) is 120 Å². The molecule has 9 aromatic rings. The van der Waals surface area contributed by atoms with Crippen molar-refractivity contribution in [2.75, 3.05) is 0 Å². The third kappa shape index (κ3) is 10.6. The van der Waals surface area contributed by atoms with Gasteiger partial charge in [0, 0.05) is 44.0 Å². The number of aryl methyl sites for hydroxylation is 1. The Morgan fingerprint density at radius 3 is 1.84 bits per heavy atom. The fraction of sp³-hybridized carbons (Fsp3) is 0.294. The molecule has 4 nitrogen and oxygen atoms in total. The van der Waals surface area contributed by atoms with Crippen LogP contribution in [0.3, 0.4) is 0 Å². The van der Waals surface area contributed by atoms with Crippen LogP contribution in [-0.2, 0) is 42.7 Å². The summed E-state index contributed by atoms with van der Waals surface area (Å²) in [5.41, 5.74) is 15.1. The van der Waals surface area contributed by atoms with Gasteiger partial charge in [0.15, 0.2) is 0 Å². The molecule has 0 spiro atoms. The van der Waals surface area contributed by atoms with Crippen LogP contribution in [0.5, 0.6) is 5.75 Å². The fourth-order valence-corrected chi connectivity index (χ4v) is 9.82. The number of phenolic OH excluding ortho intramolecular Hbond substituents is 1. The van der Waals surface area contributed by atoms with Gasteiger partial charge in [0.25, 0.3) is 0 Å². The molecule has 5 heteroatoms. The number of hydrogen-bond acceptors (Lipinski definition) is 3. The molecule has 2 heterocycles. The van der Waals surface area contributed by atoms with Gasteiger partial charge in [-0.15, -0.1) is 29.3 Å². The summed E-state index contributed by atoms with van der Waals surface area (Å²) in [6.45, 7) is 27.2. The quantitative estimate of drug-likeness (QED) is 0.154. The number of aromatic nitrogens is 3. The molecule has 2 aromatic heterocycles. The summed E-state index contributed by atoms with van der Waals surface area (Å²) in [5.74, 6) is -0.179. The summed E-state index contributed by atoms with van der Waals surface area (Å²) in [6, 6.07) is 53.0. The molecular formula is C68H72N3OPt-. The van der Waals surface area contributed by atoms with Crippen LogP contribution in [0.15, 0.2) is 152 Å². The third-order valence-corrected chi connectivity index (χ3v) is 14.1. The molecule has 0 radical (unpaired) electrons. The maximum Gasteiger partial charge on any atom is 0.148 e. The second kappa shape index (κ2) is 19.8. The van der Waals surface area contributed by atoms with E-state index in [2.05, 4.69) is 162 Å². The number of benzene rings is 7. The van der Waals surface area contributed by atoms with Crippen molar-refractivity contribution in [3.8, 4) is 78.6 Å². The standard InChI is InChI=1S/C68H72N3O.Pt/c1-42(2)44-27-29-45(30-28-44)47-33-34-69-58(39-47)50-36-49(37-51(38-50)65(4,5)6)54-24-20-26-60-62(54)70-64(55-40-52(66(7,8)9)41-57(63(55)72)68(13,14)15)71(60)59-32-31-48(35-43(59)3)61-53(46-21-17-16-18-22-46)23-19-25-56(61)67(10,11)12;/h16-35,37-42,72H,1-15H3;/q-1;/i3D3,42D;. The Morgan fingerprint density at radius 2 is 1.19 bits per heavy atom. The van der Waals surface area contributed by atoms with Gasteiger partial charge in [-0.2, -0.15) is 0 Å². The molecule has 9 rings (SSSR count). The fourth-order valence-electron chi connectivity index (χ4n) is 9.82. The molecule has 0 aliphatic heterocycles. The molecule has 0 unspecified atom stereocenters. The Hall–Kier alpha value is -6.35. The zero-order valence-corrected chi connectivity index (χ0v) is 47.3. The number of para-hydroxylation sites is 1. The van der Waals surface area contributed by atoms with E-state index in [1.807, 2.05) is 97.4 Å². The van der Waals surface area contributed by atoms with Crippen molar-refractivity contribution in [3.05, 3.63) is 191 Å². The van der Waals surface area contributed by atoms with Gasteiger partial charge in [0.05, 0.1) is 22.3 Å². The summed E-state index contributed by atoms with van der Waals surface area (Å²) in [4.78, 5) is 10.5. The van der Waals surface area contributed by atoms with E-state index in [4.69, 9.17) is 11.3 Å². The van der Waals surface area contributed by atoms with Gasteiger partial charge in [0.2, 0.25) is 0 Å². The number of fused-ring (bicyclic) bond motifs is 1. The molecule has 1 N–H and O–H groups in total. The minimum absolute atomic E-state index is 0. The molecule has 0 fully saturated rings. The normalized spacial score (nSPS) is 13.5. The zero-order chi connectivity index (χ0) is 55.1. The Kier molecular flexibility index (Phi) is 12.9. The van der Waals surface area contributed by atoms with Crippen LogP contribution >= 0.6 is 0 Å². The molecule has 0 amide bonds. The minimum Gasteiger partial charge on any atom is -0.507 e.